The maximum absolute atomic E-state index is 13.3. The number of rotatable bonds is 5. The zero-order valence-corrected chi connectivity index (χ0v) is 10.9. The molecule has 1 aliphatic carbocycles. The summed E-state index contributed by atoms with van der Waals surface area (Å²) in [5.41, 5.74) is 0.737. The van der Waals surface area contributed by atoms with E-state index >= 15 is 0 Å². The van der Waals surface area contributed by atoms with Gasteiger partial charge in [0.2, 0.25) is 0 Å². The van der Waals surface area contributed by atoms with E-state index in [1.54, 1.807) is 0 Å². The number of hydrogen-bond donors (Lipinski definition) is 1. The highest BCUT2D eigenvalue weighted by Gasteiger charge is 2.21. The van der Waals surface area contributed by atoms with E-state index in [0.29, 0.717) is 5.92 Å². The minimum atomic E-state index is -0.487. The maximum atomic E-state index is 13.3. The second kappa shape index (κ2) is 6.28. The maximum Gasteiger partial charge on any atom is 0.126 e. The average Bonchev–Trinajstić information content (AvgIpc) is 2.80. The van der Waals surface area contributed by atoms with Crippen LogP contribution >= 0.6 is 0 Å². The van der Waals surface area contributed by atoms with E-state index in [2.05, 4.69) is 5.32 Å². The van der Waals surface area contributed by atoms with E-state index in [9.17, 15) is 8.78 Å². The Morgan fingerprint density at radius 2 is 1.78 bits per heavy atom. The summed E-state index contributed by atoms with van der Waals surface area (Å²) in [5, 5.41) is 3.35. The van der Waals surface area contributed by atoms with Gasteiger partial charge in [-0.15, -0.1) is 0 Å². The van der Waals surface area contributed by atoms with Crippen molar-refractivity contribution in [3.8, 4) is 0 Å². The van der Waals surface area contributed by atoms with Gasteiger partial charge in [-0.3, -0.25) is 0 Å². The molecule has 1 atom stereocenters. The van der Waals surface area contributed by atoms with Crippen LogP contribution in [-0.2, 0) is 0 Å². The summed E-state index contributed by atoms with van der Waals surface area (Å²) in [7, 11) is 0. The van der Waals surface area contributed by atoms with Crippen LogP contribution in [0.4, 0.5) is 8.78 Å². The highest BCUT2D eigenvalue weighted by molar-refractivity contribution is 5.21. The zero-order chi connectivity index (χ0) is 13.0. The van der Waals surface area contributed by atoms with Gasteiger partial charge in [0.15, 0.2) is 0 Å². The van der Waals surface area contributed by atoms with Crippen LogP contribution < -0.4 is 5.32 Å². The molecule has 1 saturated carbocycles. The fourth-order valence-corrected chi connectivity index (χ4v) is 2.94. The highest BCUT2D eigenvalue weighted by Crippen LogP contribution is 2.33. The quantitative estimate of drug-likeness (QED) is 0.829. The van der Waals surface area contributed by atoms with Crippen LogP contribution in [0.2, 0.25) is 0 Å². The normalized spacial score (nSPS) is 18.2. The molecule has 1 aliphatic rings. The molecule has 1 fully saturated rings. The van der Waals surface area contributed by atoms with Gasteiger partial charge in [-0.2, -0.15) is 0 Å². The van der Waals surface area contributed by atoms with Gasteiger partial charge in [-0.25, -0.2) is 8.78 Å². The largest absolute Gasteiger partial charge is 0.310 e. The lowest BCUT2D eigenvalue weighted by atomic mass is 9.93. The first-order valence-electron chi connectivity index (χ1n) is 6.88. The molecule has 1 N–H and O–H groups in total. The molecule has 0 spiro atoms. The van der Waals surface area contributed by atoms with Gasteiger partial charge in [-0.05, 0) is 36.6 Å². The van der Waals surface area contributed by atoms with Crippen molar-refractivity contribution in [3.05, 3.63) is 35.4 Å². The average molecular weight is 253 g/mol. The topological polar surface area (TPSA) is 12.0 Å². The number of benzene rings is 1. The van der Waals surface area contributed by atoms with Crippen molar-refractivity contribution in [2.45, 2.75) is 45.1 Å². The molecule has 18 heavy (non-hydrogen) atoms. The van der Waals surface area contributed by atoms with Gasteiger partial charge in [-0.1, -0.05) is 32.6 Å². The number of halogens is 2. The highest BCUT2D eigenvalue weighted by atomic mass is 19.1. The van der Waals surface area contributed by atoms with Gasteiger partial charge < -0.3 is 5.32 Å². The molecule has 0 saturated heterocycles. The van der Waals surface area contributed by atoms with Crippen LogP contribution in [0, 0.1) is 17.6 Å². The molecule has 1 aromatic rings. The Bertz CT molecular complexity index is 366. The van der Waals surface area contributed by atoms with Crippen molar-refractivity contribution in [2.24, 2.45) is 5.92 Å². The Balaban J connectivity index is 2.11. The summed E-state index contributed by atoms with van der Waals surface area (Å²) in [5.74, 6) is -0.279. The van der Waals surface area contributed by atoms with E-state index in [-0.39, 0.29) is 6.04 Å². The monoisotopic (exact) mass is 253 g/mol. The molecule has 0 bridgehead atoms. The molecule has 0 amide bonds. The fraction of sp³-hybridized carbons (Fsp3) is 0.600. The van der Waals surface area contributed by atoms with Crippen LogP contribution in [0.1, 0.15) is 50.6 Å². The van der Waals surface area contributed by atoms with Crippen LogP contribution in [0.15, 0.2) is 18.2 Å². The van der Waals surface area contributed by atoms with Crippen LogP contribution in [0.5, 0.6) is 0 Å². The summed E-state index contributed by atoms with van der Waals surface area (Å²) < 4.78 is 26.5. The van der Waals surface area contributed by atoms with Gasteiger partial charge in [0, 0.05) is 12.1 Å². The minimum absolute atomic E-state index is 0.0725. The lowest BCUT2D eigenvalue weighted by Crippen LogP contribution is -2.23. The van der Waals surface area contributed by atoms with Crippen molar-refractivity contribution in [2.75, 3.05) is 6.54 Å². The molecule has 2 rings (SSSR count). The smallest absolute Gasteiger partial charge is 0.126 e. The lowest BCUT2D eigenvalue weighted by Gasteiger charge is -2.22. The molecule has 1 nitrogen and oxygen atoms in total. The van der Waals surface area contributed by atoms with E-state index in [0.717, 1.165) is 24.6 Å². The summed E-state index contributed by atoms with van der Waals surface area (Å²) in [6.45, 7) is 2.84. The predicted octanol–water partition coefficient (Wildman–Crippen LogP) is 4.20. The van der Waals surface area contributed by atoms with Crippen molar-refractivity contribution in [1.82, 2.24) is 5.32 Å². The number of hydrogen-bond acceptors (Lipinski definition) is 1. The van der Waals surface area contributed by atoms with Crippen molar-refractivity contribution in [3.63, 3.8) is 0 Å². The predicted molar refractivity (Wildman–Crippen MR) is 69.4 cm³/mol. The summed E-state index contributed by atoms with van der Waals surface area (Å²) in [4.78, 5) is 0. The summed E-state index contributed by atoms with van der Waals surface area (Å²) in [6.07, 6.45) is 6.07. The summed E-state index contributed by atoms with van der Waals surface area (Å²) in [6, 6.07) is 3.90. The molecule has 0 heterocycles. The van der Waals surface area contributed by atoms with Crippen molar-refractivity contribution < 1.29 is 8.78 Å². The second-order valence-electron chi connectivity index (χ2n) is 5.20. The van der Waals surface area contributed by atoms with Gasteiger partial charge in [0.1, 0.15) is 11.6 Å². The van der Waals surface area contributed by atoms with Crippen molar-refractivity contribution in [1.29, 1.82) is 0 Å². The third-order valence-corrected chi connectivity index (χ3v) is 3.78. The molecule has 1 aromatic carbocycles. The third-order valence-electron chi connectivity index (χ3n) is 3.78. The Kier molecular flexibility index (Phi) is 4.70. The van der Waals surface area contributed by atoms with E-state index < -0.39 is 11.6 Å². The van der Waals surface area contributed by atoms with Crippen LogP contribution in [0.25, 0.3) is 0 Å². The first-order chi connectivity index (χ1) is 8.69. The summed E-state index contributed by atoms with van der Waals surface area (Å²) >= 11 is 0. The van der Waals surface area contributed by atoms with Gasteiger partial charge in [0.25, 0.3) is 0 Å². The molecule has 0 radical (unpaired) electrons. The van der Waals surface area contributed by atoms with Crippen molar-refractivity contribution >= 4 is 0 Å². The van der Waals surface area contributed by atoms with Gasteiger partial charge in [0.05, 0.1) is 0 Å². The molecular weight excluding hydrogens is 232 g/mol. The van der Waals surface area contributed by atoms with E-state index in [1.807, 2.05) is 6.92 Å². The Hall–Kier alpha value is -0.960. The van der Waals surface area contributed by atoms with Crippen LogP contribution in [-0.4, -0.2) is 6.54 Å². The Labute approximate surface area is 108 Å². The standard InChI is InChI=1S/C15H21F2N/c1-2-18-15(7-11-5-3-4-6-11)12-8-13(16)10-14(17)9-12/h8-11,15,18H,2-7H2,1H3. The fourth-order valence-electron chi connectivity index (χ4n) is 2.94. The first-order valence-corrected chi connectivity index (χ1v) is 6.88. The molecule has 3 heteroatoms. The Morgan fingerprint density at radius 3 is 2.33 bits per heavy atom. The molecular formula is C15H21F2N. The SMILES string of the molecule is CCNC(CC1CCCC1)c1cc(F)cc(F)c1. The molecule has 0 aliphatic heterocycles. The minimum Gasteiger partial charge on any atom is -0.310 e. The Morgan fingerprint density at radius 1 is 1.17 bits per heavy atom. The van der Waals surface area contributed by atoms with E-state index in [4.69, 9.17) is 0 Å². The van der Waals surface area contributed by atoms with Gasteiger partial charge >= 0.3 is 0 Å². The third kappa shape index (κ3) is 3.52. The molecule has 1 unspecified atom stereocenters. The zero-order valence-electron chi connectivity index (χ0n) is 10.9. The second-order valence-corrected chi connectivity index (χ2v) is 5.20. The number of nitrogens with one attached hydrogen (secondary N) is 1. The molecule has 100 valence electrons. The van der Waals surface area contributed by atoms with E-state index in [1.165, 1.54) is 37.8 Å². The lowest BCUT2D eigenvalue weighted by molar-refractivity contribution is 0.398. The first kappa shape index (κ1) is 13.5. The van der Waals surface area contributed by atoms with Crippen LogP contribution in [0.3, 0.4) is 0 Å². The molecule has 0 aromatic heterocycles.